The molecule has 15 heteroatoms. The first-order valence-electron chi connectivity index (χ1n) is 19.3. The number of pyridine rings is 2. The first-order valence-corrected chi connectivity index (χ1v) is 19.3. The second-order valence-electron chi connectivity index (χ2n) is 13.5. The van der Waals surface area contributed by atoms with Crippen LogP contribution in [0.5, 0.6) is 11.5 Å². The third-order valence-electron chi connectivity index (χ3n) is 8.10. The van der Waals surface area contributed by atoms with E-state index >= 15 is 4.39 Å². The Morgan fingerprint density at radius 1 is 1.02 bits per heavy atom. The summed E-state index contributed by atoms with van der Waals surface area (Å²) in [6.07, 6.45) is -3.27. The molecule has 0 aliphatic carbocycles. The predicted octanol–water partition coefficient (Wildman–Crippen LogP) is 10.1. The maximum atomic E-state index is 16.2. The van der Waals surface area contributed by atoms with E-state index in [1.807, 2.05) is 69.2 Å². The number of nitrogens with zero attached hydrogens (tertiary/aromatic N) is 6. The smallest absolute Gasteiger partial charge is 0.419 e. The van der Waals surface area contributed by atoms with Crippen LogP contribution in [0.2, 0.25) is 0 Å². The number of phenolic OH excluding ortho intramolecular Hbond substituents is 1. The van der Waals surface area contributed by atoms with Crippen LogP contribution in [0.4, 0.5) is 28.2 Å². The molecule has 3 aromatic heterocycles. The number of rotatable bonds is 7. The van der Waals surface area contributed by atoms with Gasteiger partial charge in [0, 0.05) is 43.5 Å². The van der Waals surface area contributed by atoms with Crippen molar-refractivity contribution in [3.63, 3.8) is 0 Å². The number of carbonyl (C=O) groups is 1. The molecule has 56 heavy (non-hydrogen) atoms. The van der Waals surface area contributed by atoms with Crippen molar-refractivity contribution in [2.45, 2.75) is 120 Å². The maximum Gasteiger partial charge on any atom is 0.419 e. The van der Waals surface area contributed by atoms with Gasteiger partial charge >= 0.3 is 18.0 Å². The lowest BCUT2D eigenvalue weighted by molar-refractivity contribution is -0.138. The molecule has 4 aromatic rings. The predicted molar refractivity (Wildman–Crippen MR) is 214 cm³/mol. The molecule has 4 heterocycles. The van der Waals surface area contributed by atoms with Gasteiger partial charge in [-0.1, -0.05) is 68.4 Å². The molecule has 1 fully saturated rings. The highest BCUT2D eigenvalue weighted by Crippen LogP contribution is 2.42. The SMILES string of the molecule is CC.CC.CC.CCCOc1ccnc(C(C)C)c1-n1c(=O)nc(N2CCN(C(=O)OC(C)(C)C)CC2C)c2cc(F)c(-c3cccc(C(F)(F)F)c3O)nc21. The van der Waals surface area contributed by atoms with Gasteiger partial charge in [-0.2, -0.15) is 18.2 Å². The van der Waals surface area contributed by atoms with E-state index in [0.29, 0.717) is 18.2 Å². The lowest BCUT2D eigenvalue weighted by atomic mass is 10.0. The minimum absolute atomic E-state index is 0.0646. The number of carbonyl (C=O) groups excluding carboxylic acids is 1. The van der Waals surface area contributed by atoms with E-state index in [0.717, 1.165) is 22.8 Å². The number of alkyl halides is 3. The van der Waals surface area contributed by atoms with Crippen LogP contribution in [0.3, 0.4) is 0 Å². The Morgan fingerprint density at radius 2 is 1.66 bits per heavy atom. The molecule has 5 rings (SSSR count). The number of fused-ring (bicyclic) bond motifs is 1. The number of para-hydroxylation sites is 1. The van der Waals surface area contributed by atoms with Gasteiger partial charge in [-0.05, 0) is 58.2 Å². The normalized spacial score (nSPS) is 14.2. The number of aromatic nitrogens is 4. The first kappa shape index (κ1) is 47.2. The summed E-state index contributed by atoms with van der Waals surface area (Å²) < 4.78 is 70.2. The van der Waals surface area contributed by atoms with E-state index in [1.54, 1.807) is 31.7 Å². The largest absolute Gasteiger partial charge is 0.507 e. The molecule has 310 valence electrons. The zero-order chi connectivity index (χ0) is 42.7. The molecule has 1 N–H and O–H groups in total. The lowest BCUT2D eigenvalue weighted by Crippen LogP contribution is -2.55. The van der Waals surface area contributed by atoms with E-state index in [1.165, 1.54) is 11.1 Å². The minimum atomic E-state index is -4.93. The van der Waals surface area contributed by atoms with Crippen molar-refractivity contribution < 1.29 is 36.9 Å². The number of anilines is 1. The number of phenols is 1. The van der Waals surface area contributed by atoms with Crippen LogP contribution >= 0.6 is 0 Å². The van der Waals surface area contributed by atoms with Gasteiger partial charge in [-0.25, -0.2) is 23.5 Å². The molecule has 1 aliphatic heterocycles. The Balaban J connectivity index is 0.00000172. The number of benzene rings is 1. The second-order valence-corrected chi connectivity index (χ2v) is 13.5. The summed E-state index contributed by atoms with van der Waals surface area (Å²) in [5.41, 5.74) is -3.55. The highest BCUT2D eigenvalue weighted by molar-refractivity contribution is 5.91. The van der Waals surface area contributed by atoms with E-state index in [-0.39, 0.29) is 60.4 Å². The number of hydrogen-bond acceptors (Lipinski definition) is 9. The summed E-state index contributed by atoms with van der Waals surface area (Å²) in [4.78, 5) is 43.8. The van der Waals surface area contributed by atoms with Crippen molar-refractivity contribution in [3.8, 4) is 28.4 Å². The number of ether oxygens (including phenoxy) is 2. The van der Waals surface area contributed by atoms with E-state index in [9.17, 15) is 27.9 Å². The Hall–Kier alpha value is -4.95. The van der Waals surface area contributed by atoms with Crippen molar-refractivity contribution in [1.82, 2.24) is 24.4 Å². The van der Waals surface area contributed by atoms with Crippen molar-refractivity contribution >= 4 is 22.9 Å². The summed E-state index contributed by atoms with van der Waals surface area (Å²) in [7, 11) is 0. The molecule has 0 spiro atoms. The summed E-state index contributed by atoms with van der Waals surface area (Å²) in [6.45, 7) is 25.6. The van der Waals surface area contributed by atoms with Gasteiger partial charge in [-0.15, -0.1) is 0 Å². The van der Waals surface area contributed by atoms with Crippen molar-refractivity contribution in [2.75, 3.05) is 31.1 Å². The topological polar surface area (TPSA) is 123 Å². The molecule has 11 nitrogen and oxygen atoms in total. The number of amides is 1. The third kappa shape index (κ3) is 10.7. The van der Waals surface area contributed by atoms with Crippen LogP contribution < -0.4 is 15.3 Å². The zero-order valence-corrected chi connectivity index (χ0v) is 34.9. The van der Waals surface area contributed by atoms with Crippen LogP contribution in [-0.2, 0) is 10.9 Å². The highest BCUT2D eigenvalue weighted by atomic mass is 19.4. The van der Waals surface area contributed by atoms with Gasteiger partial charge in [0.2, 0.25) is 0 Å². The second kappa shape index (κ2) is 20.3. The zero-order valence-electron chi connectivity index (χ0n) is 34.9. The van der Waals surface area contributed by atoms with Crippen molar-refractivity contribution in [3.05, 3.63) is 64.1 Å². The summed E-state index contributed by atoms with van der Waals surface area (Å²) >= 11 is 0. The Kier molecular flexibility index (Phi) is 17.1. The lowest BCUT2D eigenvalue weighted by Gasteiger charge is -2.41. The van der Waals surface area contributed by atoms with Gasteiger partial charge in [-0.3, -0.25) is 4.98 Å². The molecule has 0 bridgehead atoms. The average Bonchev–Trinajstić information content (AvgIpc) is 3.15. The number of hydrogen-bond donors (Lipinski definition) is 1. The molecular formula is C41H58F4N6O5. The van der Waals surface area contributed by atoms with Crippen LogP contribution in [0.1, 0.15) is 114 Å². The Labute approximate surface area is 327 Å². The van der Waals surface area contributed by atoms with Gasteiger partial charge < -0.3 is 24.4 Å². The first-order chi connectivity index (χ1) is 26.4. The monoisotopic (exact) mass is 790 g/mol. The number of aromatic hydroxyl groups is 1. The standard InChI is InChI=1S/C35H40F4N6O5.3C2H6/c1-8-16-49-25-12-13-40-26(19(2)3)28(25)45-31-22(17-24(36)27(41-31)21-10-9-11-23(29(21)46)35(37,38)39)30(42-32(45)47)44-15-14-43(18-20(44)4)33(48)50-34(5,6)7;3*1-2/h9-13,17,19-20,46H,8,14-16,18H2,1-7H3;3*1-2H3. The Bertz CT molecular complexity index is 1980. The fourth-order valence-corrected chi connectivity index (χ4v) is 5.87. The minimum Gasteiger partial charge on any atom is -0.507 e. The molecule has 0 radical (unpaired) electrons. The molecule has 0 saturated carbocycles. The molecular weight excluding hydrogens is 732 g/mol. The fraction of sp³-hybridized carbons (Fsp3) is 0.537. The van der Waals surface area contributed by atoms with E-state index in [2.05, 4.69) is 15.0 Å². The maximum absolute atomic E-state index is 16.2. The van der Waals surface area contributed by atoms with Crippen LogP contribution in [0.25, 0.3) is 28.0 Å². The molecule has 1 amide bonds. The molecule has 1 atom stereocenters. The van der Waals surface area contributed by atoms with Gasteiger partial charge in [0.1, 0.15) is 34.3 Å². The molecule has 1 unspecified atom stereocenters. The van der Waals surface area contributed by atoms with Gasteiger partial charge in [0.25, 0.3) is 0 Å². The third-order valence-corrected chi connectivity index (χ3v) is 8.10. The van der Waals surface area contributed by atoms with Crippen LogP contribution in [0.15, 0.2) is 41.3 Å². The Morgan fingerprint density at radius 3 is 2.21 bits per heavy atom. The summed E-state index contributed by atoms with van der Waals surface area (Å²) in [5, 5.41) is 10.8. The van der Waals surface area contributed by atoms with Crippen LogP contribution in [-0.4, -0.2) is 73.5 Å². The van der Waals surface area contributed by atoms with Gasteiger partial charge in [0.15, 0.2) is 11.5 Å². The van der Waals surface area contributed by atoms with Crippen molar-refractivity contribution in [2.24, 2.45) is 0 Å². The molecule has 1 saturated heterocycles. The summed E-state index contributed by atoms with van der Waals surface area (Å²) in [5.74, 6) is -2.17. The molecule has 1 aromatic carbocycles. The summed E-state index contributed by atoms with van der Waals surface area (Å²) in [6, 6.07) is 5.02. The average molecular weight is 791 g/mol. The van der Waals surface area contributed by atoms with E-state index in [4.69, 9.17) is 9.47 Å². The van der Waals surface area contributed by atoms with Crippen molar-refractivity contribution in [1.29, 1.82) is 0 Å². The highest BCUT2D eigenvalue weighted by Gasteiger charge is 2.36. The fourth-order valence-electron chi connectivity index (χ4n) is 5.87. The number of halogens is 4. The van der Waals surface area contributed by atoms with Gasteiger partial charge in [0.05, 0.1) is 23.3 Å². The van der Waals surface area contributed by atoms with Crippen LogP contribution in [0, 0.1) is 5.82 Å². The number of piperazine rings is 1. The molecule has 1 aliphatic rings. The van der Waals surface area contributed by atoms with E-state index < -0.39 is 58.0 Å². The quantitative estimate of drug-likeness (QED) is 0.182.